The number of ketones is 1. The number of hydrogen-bond acceptors (Lipinski definition) is 3. The molecule has 0 spiro atoms. The Balaban J connectivity index is 1.91. The van der Waals surface area contributed by atoms with Crippen LogP contribution >= 0.6 is 0 Å². The average Bonchev–Trinajstić information content (AvgIpc) is 2.56. The minimum absolute atomic E-state index is 0.111. The van der Waals surface area contributed by atoms with Crippen molar-refractivity contribution in [2.75, 3.05) is 5.73 Å². The molecule has 0 unspecified atom stereocenters. The van der Waals surface area contributed by atoms with E-state index in [-0.39, 0.29) is 11.6 Å². The number of pyridine rings is 1. The number of nitrogens with zero attached hydrogens (tertiary/aromatic N) is 1. The monoisotopic (exact) mass is 274 g/mol. The predicted octanol–water partition coefficient (Wildman–Crippen LogP) is 3.56. The number of benzene rings is 2. The first-order valence-electron chi connectivity index (χ1n) is 6.66. The van der Waals surface area contributed by atoms with Gasteiger partial charge in [-0.15, -0.1) is 0 Å². The Hall–Kier alpha value is -2.94. The Bertz CT molecular complexity index is 765. The summed E-state index contributed by atoms with van der Waals surface area (Å²) >= 11 is 0. The number of rotatable bonds is 3. The molecule has 0 aliphatic heterocycles. The van der Waals surface area contributed by atoms with Crippen LogP contribution in [0.5, 0.6) is 0 Å². The number of hydrogen-bond donors (Lipinski definition) is 1. The zero-order chi connectivity index (χ0) is 14.7. The molecule has 3 heteroatoms. The second-order valence-electron chi connectivity index (χ2n) is 4.71. The van der Waals surface area contributed by atoms with Crippen molar-refractivity contribution >= 4 is 11.6 Å². The maximum Gasteiger partial charge on any atom is 0.196 e. The molecular formula is C18H14N2O. The summed E-state index contributed by atoms with van der Waals surface area (Å²) in [7, 11) is 0. The molecule has 1 heterocycles. The molecule has 21 heavy (non-hydrogen) atoms. The van der Waals surface area contributed by atoms with Crippen molar-refractivity contribution in [3.63, 3.8) is 0 Å². The maximum atomic E-state index is 12.4. The van der Waals surface area contributed by atoms with Gasteiger partial charge in [0.1, 0.15) is 5.82 Å². The van der Waals surface area contributed by atoms with Crippen LogP contribution in [-0.2, 0) is 0 Å². The summed E-state index contributed by atoms with van der Waals surface area (Å²) in [5.41, 5.74) is 8.99. The second kappa shape index (κ2) is 5.59. The molecule has 0 saturated heterocycles. The highest BCUT2D eigenvalue weighted by molar-refractivity contribution is 6.11. The molecule has 0 aliphatic rings. The third-order valence-electron chi connectivity index (χ3n) is 3.34. The predicted molar refractivity (Wildman–Crippen MR) is 84.0 cm³/mol. The Labute approximate surface area is 123 Å². The van der Waals surface area contributed by atoms with Crippen molar-refractivity contribution < 1.29 is 4.79 Å². The lowest BCUT2D eigenvalue weighted by Crippen LogP contribution is -2.06. The first-order chi connectivity index (χ1) is 10.3. The summed E-state index contributed by atoms with van der Waals surface area (Å²) in [6, 6.07) is 20.9. The average molecular weight is 274 g/mol. The quantitative estimate of drug-likeness (QED) is 0.743. The molecule has 0 bridgehead atoms. The zero-order valence-electron chi connectivity index (χ0n) is 11.4. The van der Waals surface area contributed by atoms with Crippen LogP contribution in [0.25, 0.3) is 11.1 Å². The largest absolute Gasteiger partial charge is 0.383 e. The molecule has 0 fully saturated rings. The summed E-state index contributed by atoms with van der Waals surface area (Å²) in [6.07, 6.45) is 1.57. The van der Waals surface area contributed by atoms with Crippen LogP contribution in [0.3, 0.4) is 0 Å². The van der Waals surface area contributed by atoms with E-state index in [4.69, 9.17) is 5.73 Å². The topological polar surface area (TPSA) is 56.0 Å². The molecule has 0 atom stereocenters. The fraction of sp³-hybridized carbons (Fsp3) is 0. The van der Waals surface area contributed by atoms with Crippen LogP contribution in [0.1, 0.15) is 15.9 Å². The highest BCUT2D eigenvalue weighted by atomic mass is 16.1. The van der Waals surface area contributed by atoms with Crippen LogP contribution in [0.15, 0.2) is 72.9 Å². The highest BCUT2D eigenvalue weighted by Gasteiger charge is 2.12. The van der Waals surface area contributed by atoms with Crippen LogP contribution in [0.2, 0.25) is 0 Å². The van der Waals surface area contributed by atoms with Gasteiger partial charge in [0.05, 0.1) is 5.56 Å². The number of nitrogens with two attached hydrogens (primary N) is 1. The maximum absolute atomic E-state index is 12.4. The van der Waals surface area contributed by atoms with Gasteiger partial charge in [0, 0.05) is 11.8 Å². The van der Waals surface area contributed by atoms with E-state index in [0.29, 0.717) is 11.1 Å². The lowest BCUT2D eigenvalue weighted by atomic mass is 10.00. The van der Waals surface area contributed by atoms with Gasteiger partial charge in [-0.3, -0.25) is 4.79 Å². The number of carbonyl (C=O) groups is 1. The van der Waals surface area contributed by atoms with Crippen LogP contribution in [-0.4, -0.2) is 10.8 Å². The van der Waals surface area contributed by atoms with E-state index in [0.717, 1.165) is 11.1 Å². The van der Waals surface area contributed by atoms with Crippen molar-refractivity contribution in [1.29, 1.82) is 0 Å². The summed E-state index contributed by atoms with van der Waals surface area (Å²) in [5, 5.41) is 0. The van der Waals surface area contributed by atoms with Crippen molar-refractivity contribution in [3.8, 4) is 11.1 Å². The molecule has 0 aliphatic carbocycles. The molecule has 2 aromatic carbocycles. The van der Waals surface area contributed by atoms with E-state index in [1.165, 1.54) is 0 Å². The smallest absolute Gasteiger partial charge is 0.196 e. The van der Waals surface area contributed by atoms with Gasteiger partial charge in [0.2, 0.25) is 0 Å². The van der Waals surface area contributed by atoms with Gasteiger partial charge in [-0.2, -0.15) is 0 Å². The molecule has 102 valence electrons. The molecule has 1 aromatic heterocycles. The van der Waals surface area contributed by atoms with Gasteiger partial charge in [-0.1, -0.05) is 54.6 Å². The van der Waals surface area contributed by atoms with E-state index in [1.54, 1.807) is 18.3 Å². The van der Waals surface area contributed by atoms with E-state index < -0.39 is 0 Å². The molecule has 0 radical (unpaired) electrons. The van der Waals surface area contributed by atoms with E-state index in [9.17, 15) is 4.79 Å². The summed E-state index contributed by atoms with van der Waals surface area (Å²) in [5.74, 6) is 0.148. The summed E-state index contributed by atoms with van der Waals surface area (Å²) < 4.78 is 0. The molecule has 0 saturated carbocycles. The number of aromatic nitrogens is 1. The minimum Gasteiger partial charge on any atom is -0.383 e. The van der Waals surface area contributed by atoms with E-state index >= 15 is 0 Å². The lowest BCUT2D eigenvalue weighted by Gasteiger charge is -2.05. The normalized spacial score (nSPS) is 10.3. The summed E-state index contributed by atoms with van der Waals surface area (Å²) in [6.45, 7) is 0. The van der Waals surface area contributed by atoms with Gasteiger partial charge >= 0.3 is 0 Å². The van der Waals surface area contributed by atoms with Crippen molar-refractivity contribution in [2.45, 2.75) is 0 Å². The summed E-state index contributed by atoms with van der Waals surface area (Å²) in [4.78, 5) is 16.3. The zero-order valence-corrected chi connectivity index (χ0v) is 11.4. The number of nitrogen functional groups attached to an aromatic ring is 1. The molecule has 0 amide bonds. The van der Waals surface area contributed by atoms with Crippen molar-refractivity contribution in [1.82, 2.24) is 4.98 Å². The van der Waals surface area contributed by atoms with Gasteiger partial charge in [0.15, 0.2) is 5.78 Å². The molecular weight excluding hydrogens is 260 g/mol. The number of anilines is 1. The van der Waals surface area contributed by atoms with Crippen LogP contribution in [0, 0.1) is 0 Å². The molecule has 3 rings (SSSR count). The highest BCUT2D eigenvalue weighted by Crippen LogP contribution is 2.21. The first kappa shape index (κ1) is 13.1. The molecule has 2 N–H and O–H groups in total. The van der Waals surface area contributed by atoms with E-state index in [1.807, 2.05) is 54.6 Å². The Morgan fingerprint density at radius 2 is 1.48 bits per heavy atom. The first-order valence-corrected chi connectivity index (χ1v) is 6.66. The van der Waals surface area contributed by atoms with Crippen LogP contribution in [0.4, 0.5) is 5.82 Å². The van der Waals surface area contributed by atoms with Gasteiger partial charge < -0.3 is 5.73 Å². The van der Waals surface area contributed by atoms with E-state index in [2.05, 4.69) is 4.98 Å². The Morgan fingerprint density at radius 1 is 0.810 bits per heavy atom. The van der Waals surface area contributed by atoms with Crippen molar-refractivity contribution in [2.24, 2.45) is 0 Å². The van der Waals surface area contributed by atoms with Gasteiger partial charge in [0.25, 0.3) is 0 Å². The second-order valence-corrected chi connectivity index (χ2v) is 4.71. The SMILES string of the molecule is Nc1ncccc1C(=O)c1ccc(-c2ccccc2)cc1. The minimum atomic E-state index is -0.111. The third-order valence-corrected chi connectivity index (χ3v) is 3.34. The fourth-order valence-electron chi connectivity index (χ4n) is 2.21. The Morgan fingerprint density at radius 3 is 2.14 bits per heavy atom. The lowest BCUT2D eigenvalue weighted by molar-refractivity contribution is 0.103. The molecule has 3 aromatic rings. The Kier molecular flexibility index (Phi) is 3.48. The van der Waals surface area contributed by atoms with Gasteiger partial charge in [-0.25, -0.2) is 4.98 Å². The molecule has 3 nitrogen and oxygen atoms in total. The standard InChI is InChI=1S/C18H14N2O/c19-18-16(7-4-12-20-18)17(21)15-10-8-14(9-11-15)13-5-2-1-3-6-13/h1-12H,(H2,19,20). The number of carbonyl (C=O) groups excluding carboxylic acids is 1. The van der Waals surface area contributed by atoms with Crippen molar-refractivity contribution in [3.05, 3.63) is 84.1 Å². The fourth-order valence-corrected chi connectivity index (χ4v) is 2.21. The van der Waals surface area contributed by atoms with Gasteiger partial charge in [-0.05, 0) is 23.3 Å². The third kappa shape index (κ3) is 2.67. The van der Waals surface area contributed by atoms with Crippen LogP contribution < -0.4 is 5.73 Å².